The van der Waals surface area contributed by atoms with E-state index < -0.39 is 5.41 Å². The minimum absolute atomic E-state index is 0.000867. The van der Waals surface area contributed by atoms with Crippen LogP contribution in [0.25, 0.3) is 16.6 Å². The zero-order valence-electron chi connectivity index (χ0n) is 16.4. The second-order valence-electron chi connectivity index (χ2n) is 7.94. The Kier molecular flexibility index (Phi) is 3.85. The highest BCUT2D eigenvalue weighted by atomic mass is 16.5. The summed E-state index contributed by atoms with van der Waals surface area (Å²) in [5.74, 6) is 0.671. The van der Waals surface area contributed by atoms with Gasteiger partial charge in [-0.1, -0.05) is 6.92 Å². The van der Waals surface area contributed by atoms with Crippen LogP contribution in [-0.2, 0) is 4.79 Å². The Balaban J connectivity index is 1.57. The van der Waals surface area contributed by atoms with E-state index in [0.717, 1.165) is 35.2 Å². The number of nitriles is 1. The van der Waals surface area contributed by atoms with Gasteiger partial charge in [0.1, 0.15) is 5.41 Å². The van der Waals surface area contributed by atoms with Gasteiger partial charge in [-0.25, -0.2) is 9.50 Å². The fourth-order valence-corrected chi connectivity index (χ4v) is 4.57. The molecule has 0 unspecified atom stereocenters. The molecule has 2 atom stereocenters. The summed E-state index contributed by atoms with van der Waals surface area (Å²) in [6.45, 7) is 2.57. The van der Waals surface area contributed by atoms with Crippen LogP contribution in [-0.4, -0.2) is 34.2 Å². The molecule has 29 heavy (non-hydrogen) atoms. The molecule has 1 amide bonds. The van der Waals surface area contributed by atoms with Crippen molar-refractivity contribution >= 4 is 17.1 Å². The van der Waals surface area contributed by atoms with E-state index in [4.69, 9.17) is 4.74 Å². The van der Waals surface area contributed by atoms with Crippen LogP contribution in [0.4, 0.5) is 5.69 Å². The molecular weight excluding hydrogens is 366 g/mol. The topological polar surface area (TPSA) is 83.5 Å². The first kappa shape index (κ1) is 17.7. The van der Waals surface area contributed by atoms with Crippen molar-refractivity contribution in [3.8, 4) is 23.1 Å². The molecule has 0 aromatic carbocycles. The van der Waals surface area contributed by atoms with Gasteiger partial charge in [-0.2, -0.15) is 10.4 Å². The Hall–Kier alpha value is -3.40. The number of aromatic nitrogens is 3. The third-order valence-corrected chi connectivity index (χ3v) is 6.30. The van der Waals surface area contributed by atoms with Crippen molar-refractivity contribution in [3.63, 3.8) is 0 Å². The lowest BCUT2D eigenvalue weighted by atomic mass is 9.75. The lowest BCUT2D eigenvalue weighted by Crippen LogP contribution is -2.37. The molecule has 4 heterocycles. The van der Waals surface area contributed by atoms with Crippen LogP contribution >= 0.6 is 0 Å². The second kappa shape index (κ2) is 6.31. The second-order valence-corrected chi connectivity index (χ2v) is 7.94. The normalized spacial score (nSPS) is 24.1. The summed E-state index contributed by atoms with van der Waals surface area (Å²) in [6.07, 6.45) is 7.29. The molecule has 1 aliphatic heterocycles. The molecule has 2 fully saturated rings. The first-order valence-electron chi connectivity index (χ1n) is 9.79. The highest BCUT2D eigenvalue weighted by Gasteiger charge is 2.61. The Morgan fingerprint density at radius 3 is 2.76 bits per heavy atom. The average molecular weight is 387 g/mol. The number of hydrogen-bond acceptors (Lipinski definition) is 5. The number of fused-ring (bicyclic) bond motifs is 1. The fourth-order valence-electron chi connectivity index (χ4n) is 4.57. The highest BCUT2D eigenvalue weighted by molar-refractivity contribution is 6.05. The zero-order valence-corrected chi connectivity index (χ0v) is 16.4. The predicted molar refractivity (Wildman–Crippen MR) is 107 cm³/mol. The summed E-state index contributed by atoms with van der Waals surface area (Å²) in [7, 11) is 1.59. The lowest BCUT2D eigenvalue weighted by molar-refractivity contribution is -0.124. The number of rotatable bonds is 4. The summed E-state index contributed by atoms with van der Waals surface area (Å²) in [5, 5.41) is 14.3. The standard InChI is InChI=1S/C22H21N5O2/c1-14-11-26(21(28)22(14,13-23)17-4-5-17)18-7-8-25-27-12-16(9-19(18)27)15-3-6-20(29-2)24-10-15/h3,6-10,12,14,17H,4-5,11H2,1-2H3/t14-,22+/m1/s1. The number of pyridine rings is 1. The first-order valence-corrected chi connectivity index (χ1v) is 9.79. The minimum atomic E-state index is -0.893. The molecule has 0 radical (unpaired) electrons. The van der Waals surface area contributed by atoms with E-state index in [1.165, 1.54) is 0 Å². The van der Waals surface area contributed by atoms with Crippen LogP contribution in [0.2, 0.25) is 0 Å². The molecule has 3 aromatic rings. The predicted octanol–water partition coefficient (Wildman–Crippen LogP) is 3.31. The Morgan fingerprint density at radius 2 is 2.10 bits per heavy atom. The van der Waals surface area contributed by atoms with Crippen molar-refractivity contribution in [2.24, 2.45) is 17.3 Å². The fraction of sp³-hybridized carbons (Fsp3) is 0.364. The Morgan fingerprint density at radius 1 is 1.28 bits per heavy atom. The number of nitrogens with zero attached hydrogens (tertiary/aromatic N) is 5. The first-order chi connectivity index (χ1) is 14.1. The van der Waals surface area contributed by atoms with E-state index >= 15 is 0 Å². The van der Waals surface area contributed by atoms with Crippen molar-refractivity contribution in [1.29, 1.82) is 5.26 Å². The number of methoxy groups -OCH3 is 1. The van der Waals surface area contributed by atoms with Gasteiger partial charge in [-0.15, -0.1) is 0 Å². The summed E-state index contributed by atoms with van der Waals surface area (Å²) in [5.41, 5.74) is 2.63. The third-order valence-electron chi connectivity index (χ3n) is 6.30. The maximum Gasteiger partial charge on any atom is 0.248 e. The smallest absolute Gasteiger partial charge is 0.248 e. The number of amides is 1. The molecule has 1 saturated heterocycles. The summed E-state index contributed by atoms with van der Waals surface area (Å²) >= 11 is 0. The summed E-state index contributed by atoms with van der Waals surface area (Å²) in [6, 6.07) is 10.0. The molecule has 1 aliphatic carbocycles. The van der Waals surface area contributed by atoms with Crippen molar-refractivity contribution in [2.75, 3.05) is 18.6 Å². The molecule has 7 nitrogen and oxygen atoms in total. The average Bonchev–Trinajstić information content (AvgIpc) is 3.44. The molecule has 5 rings (SSSR count). The van der Waals surface area contributed by atoms with E-state index in [9.17, 15) is 10.1 Å². The molecule has 7 heteroatoms. The van der Waals surface area contributed by atoms with Crippen LogP contribution in [0.5, 0.6) is 5.88 Å². The number of anilines is 1. The number of ether oxygens (including phenoxy) is 1. The van der Waals surface area contributed by atoms with E-state index in [1.807, 2.05) is 37.4 Å². The van der Waals surface area contributed by atoms with Gasteiger partial charge in [-0.3, -0.25) is 4.79 Å². The minimum Gasteiger partial charge on any atom is -0.481 e. The zero-order chi connectivity index (χ0) is 20.2. The van der Waals surface area contributed by atoms with Crippen molar-refractivity contribution in [1.82, 2.24) is 14.6 Å². The van der Waals surface area contributed by atoms with E-state index in [1.54, 1.807) is 28.9 Å². The maximum atomic E-state index is 13.4. The molecular formula is C22H21N5O2. The quantitative estimate of drug-likeness (QED) is 0.686. The van der Waals surface area contributed by atoms with Crippen LogP contribution in [0.1, 0.15) is 19.8 Å². The van der Waals surface area contributed by atoms with Crippen LogP contribution < -0.4 is 9.64 Å². The molecule has 0 bridgehead atoms. The molecule has 1 saturated carbocycles. The van der Waals surface area contributed by atoms with Gasteiger partial charge in [0.15, 0.2) is 0 Å². The van der Waals surface area contributed by atoms with Gasteiger partial charge in [0.2, 0.25) is 11.8 Å². The number of carbonyl (C=O) groups is 1. The molecule has 0 N–H and O–H groups in total. The maximum absolute atomic E-state index is 13.4. The Labute approximate surface area is 168 Å². The largest absolute Gasteiger partial charge is 0.481 e. The summed E-state index contributed by atoms with van der Waals surface area (Å²) < 4.78 is 6.90. The van der Waals surface area contributed by atoms with Gasteiger partial charge < -0.3 is 9.64 Å². The number of carbonyl (C=O) groups excluding carboxylic acids is 1. The molecule has 146 valence electrons. The SMILES string of the molecule is COc1ccc(-c2cc3c(N4C[C@@H](C)[C@@](C#N)(C5CC5)C4=O)ccnn3c2)cn1. The van der Waals surface area contributed by atoms with Gasteiger partial charge in [-0.05, 0) is 37.0 Å². The number of hydrogen-bond donors (Lipinski definition) is 0. The van der Waals surface area contributed by atoms with Gasteiger partial charge in [0.05, 0.1) is 24.4 Å². The van der Waals surface area contributed by atoms with E-state index in [2.05, 4.69) is 16.2 Å². The highest BCUT2D eigenvalue weighted by Crippen LogP contribution is 2.54. The van der Waals surface area contributed by atoms with Gasteiger partial charge >= 0.3 is 0 Å². The van der Waals surface area contributed by atoms with Crippen LogP contribution in [0, 0.1) is 28.6 Å². The Bertz CT molecular complexity index is 1140. The monoisotopic (exact) mass is 387 g/mol. The van der Waals surface area contributed by atoms with Crippen molar-refractivity contribution < 1.29 is 9.53 Å². The van der Waals surface area contributed by atoms with E-state index in [0.29, 0.717) is 12.4 Å². The third kappa shape index (κ3) is 2.52. The lowest BCUT2D eigenvalue weighted by Gasteiger charge is -2.23. The van der Waals surface area contributed by atoms with Crippen molar-refractivity contribution in [2.45, 2.75) is 19.8 Å². The molecule has 0 spiro atoms. The van der Waals surface area contributed by atoms with Crippen molar-refractivity contribution in [3.05, 3.63) is 42.9 Å². The molecule has 2 aliphatic rings. The summed E-state index contributed by atoms with van der Waals surface area (Å²) in [4.78, 5) is 19.4. The molecule has 3 aromatic heterocycles. The van der Waals surface area contributed by atoms with Gasteiger partial charge in [0.25, 0.3) is 0 Å². The van der Waals surface area contributed by atoms with Crippen LogP contribution in [0.3, 0.4) is 0 Å². The van der Waals surface area contributed by atoms with E-state index in [-0.39, 0.29) is 17.7 Å². The van der Waals surface area contributed by atoms with Crippen LogP contribution in [0.15, 0.2) is 42.9 Å². The van der Waals surface area contributed by atoms with Gasteiger partial charge in [0, 0.05) is 48.2 Å².